The number of imidazole rings is 1. The van der Waals surface area contributed by atoms with Crippen molar-refractivity contribution in [2.75, 3.05) is 25.5 Å². The Bertz CT molecular complexity index is 1380. The van der Waals surface area contributed by atoms with Crippen LogP contribution in [0.25, 0.3) is 16.8 Å². The van der Waals surface area contributed by atoms with Crippen molar-refractivity contribution in [1.29, 1.82) is 0 Å². The molecular formula is C29H32N6O2. The molecule has 8 nitrogen and oxygen atoms in total. The van der Waals surface area contributed by atoms with Gasteiger partial charge in [-0.05, 0) is 85.5 Å². The number of carbonyl (C=O) groups is 1. The lowest BCUT2D eigenvalue weighted by Crippen LogP contribution is -2.42. The molecule has 1 amide bonds. The number of nitrogens with two attached hydrogens (primary N) is 1. The predicted octanol–water partition coefficient (Wildman–Crippen LogP) is 4.43. The molecule has 0 unspecified atom stereocenters. The summed E-state index contributed by atoms with van der Waals surface area (Å²) in [6.45, 7) is 4.62. The summed E-state index contributed by atoms with van der Waals surface area (Å²) in [5, 5.41) is 3.06. The number of nitrogens with zero attached hydrogens (tertiary/aromatic N) is 4. The van der Waals surface area contributed by atoms with Gasteiger partial charge in [0.05, 0.1) is 19.1 Å². The number of piperidine rings is 1. The minimum absolute atomic E-state index is 0.205. The molecular weight excluding hydrogens is 464 g/mol. The van der Waals surface area contributed by atoms with Gasteiger partial charge in [0.2, 0.25) is 0 Å². The third kappa shape index (κ3) is 6.04. The van der Waals surface area contributed by atoms with Gasteiger partial charge in [0.1, 0.15) is 11.4 Å². The van der Waals surface area contributed by atoms with Gasteiger partial charge in [0.15, 0.2) is 0 Å². The van der Waals surface area contributed by atoms with E-state index in [1.165, 1.54) is 0 Å². The van der Waals surface area contributed by atoms with Gasteiger partial charge in [0.25, 0.3) is 5.91 Å². The SMILES string of the molecule is COc1ccc(-c2ccnc(C(=O)Nc3cc(CN4CCC[C@H](N)C4)cc(-n4cnc(C)c4)c3)c2)cc1. The molecule has 0 bridgehead atoms. The van der Waals surface area contributed by atoms with Crippen LogP contribution in [-0.4, -0.2) is 51.6 Å². The van der Waals surface area contributed by atoms with Crippen molar-refractivity contribution in [2.45, 2.75) is 32.4 Å². The van der Waals surface area contributed by atoms with Crippen molar-refractivity contribution in [1.82, 2.24) is 19.4 Å². The van der Waals surface area contributed by atoms with E-state index >= 15 is 0 Å². The Balaban J connectivity index is 1.40. The predicted molar refractivity (Wildman–Crippen MR) is 145 cm³/mol. The second-order valence-corrected chi connectivity index (χ2v) is 9.56. The van der Waals surface area contributed by atoms with Crippen LogP contribution < -0.4 is 15.8 Å². The number of methoxy groups -OCH3 is 1. The molecule has 1 aliphatic rings. The molecule has 1 aliphatic heterocycles. The molecule has 1 fully saturated rings. The van der Waals surface area contributed by atoms with E-state index in [-0.39, 0.29) is 11.9 Å². The van der Waals surface area contributed by atoms with Gasteiger partial charge in [0, 0.05) is 42.9 Å². The third-order valence-corrected chi connectivity index (χ3v) is 6.61. The van der Waals surface area contributed by atoms with Gasteiger partial charge >= 0.3 is 0 Å². The molecule has 3 heterocycles. The first kappa shape index (κ1) is 24.7. The first-order valence-corrected chi connectivity index (χ1v) is 12.5. The van der Waals surface area contributed by atoms with Crippen LogP contribution in [0.5, 0.6) is 5.75 Å². The van der Waals surface area contributed by atoms with Crippen LogP contribution in [0.2, 0.25) is 0 Å². The van der Waals surface area contributed by atoms with Crippen molar-refractivity contribution < 1.29 is 9.53 Å². The fraction of sp³-hybridized carbons (Fsp3) is 0.276. The molecule has 37 heavy (non-hydrogen) atoms. The van der Waals surface area contributed by atoms with E-state index < -0.39 is 0 Å². The molecule has 190 valence electrons. The molecule has 0 radical (unpaired) electrons. The summed E-state index contributed by atoms with van der Waals surface area (Å²) in [5.41, 5.74) is 12.1. The number of hydrogen-bond donors (Lipinski definition) is 2. The number of nitrogens with one attached hydrogen (secondary N) is 1. The zero-order chi connectivity index (χ0) is 25.8. The number of pyridine rings is 1. The van der Waals surface area contributed by atoms with Crippen LogP contribution in [0.1, 0.15) is 34.6 Å². The second-order valence-electron chi connectivity index (χ2n) is 9.56. The normalized spacial score (nSPS) is 15.9. The number of likely N-dealkylation sites (tertiary alicyclic amines) is 1. The van der Waals surface area contributed by atoms with Crippen molar-refractivity contribution in [3.05, 3.63) is 90.3 Å². The smallest absolute Gasteiger partial charge is 0.274 e. The van der Waals surface area contributed by atoms with Gasteiger partial charge in [-0.3, -0.25) is 14.7 Å². The highest BCUT2D eigenvalue weighted by atomic mass is 16.5. The van der Waals surface area contributed by atoms with Crippen molar-refractivity contribution in [2.24, 2.45) is 5.73 Å². The Morgan fingerprint density at radius 1 is 1.11 bits per heavy atom. The van der Waals surface area contributed by atoms with Gasteiger partial charge in [-0.25, -0.2) is 4.98 Å². The summed E-state index contributed by atoms with van der Waals surface area (Å²) in [5.74, 6) is 0.520. The second kappa shape index (κ2) is 10.9. The highest BCUT2D eigenvalue weighted by Crippen LogP contribution is 2.25. The molecule has 1 atom stereocenters. The molecule has 4 aromatic rings. The fourth-order valence-electron chi connectivity index (χ4n) is 4.75. The summed E-state index contributed by atoms with van der Waals surface area (Å²) in [6, 6.07) is 17.7. The quantitative estimate of drug-likeness (QED) is 0.393. The summed E-state index contributed by atoms with van der Waals surface area (Å²) in [4.78, 5) is 24.3. The number of aromatic nitrogens is 3. The first-order valence-electron chi connectivity index (χ1n) is 12.5. The average molecular weight is 497 g/mol. The lowest BCUT2D eigenvalue weighted by atomic mass is 10.0. The Kier molecular flexibility index (Phi) is 7.30. The standard InChI is InChI=1S/C29H32N6O2/c1-20-16-35(19-32-20)26-13-21(17-34-11-3-4-24(30)18-34)12-25(15-26)33-29(36)28-14-23(9-10-31-28)22-5-7-27(37-2)8-6-22/h5-10,12-16,19,24H,3-4,11,17-18,30H2,1-2H3,(H,33,36)/t24-/m0/s1. The monoisotopic (exact) mass is 496 g/mol. The van der Waals surface area contributed by atoms with Crippen molar-refractivity contribution in [3.63, 3.8) is 0 Å². The van der Waals surface area contributed by atoms with E-state index in [0.717, 1.165) is 66.3 Å². The molecule has 8 heteroatoms. The zero-order valence-electron chi connectivity index (χ0n) is 21.2. The Morgan fingerprint density at radius 3 is 2.68 bits per heavy atom. The first-order chi connectivity index (χ1) is 18.0. The summed E-state index contributed by atoms with van der Waals surface area (Å²) < 4.78 is 7.22. The summed E-state index contributed by atoms with van der Waals surface area (Å²) in [7, 11) is 1.64. The number of carbonyl (C=O) groups excluding carboxylic acids is 1. The topological polar surface area (TPSA) is 98.3 Å². The van der Waals surface area contributed by atoms with Crippen LogP contribution in [-0.2, 0) is 6.54 Å². The molecule has 2 aromatic heterocycles. The number of aryl methyl sites for hydroxylation is 1. The highest BCUT2D eigenvalue weighted by Gasteiger charge is 2.18. The maximum atomic E-state index is 13.3. The molecule has 0 spiro atoms. The fourth-order valence-corrected chi connectivity index (χ4v) is 4.75. The number of ether oxygens (including phenoxy) is 1. The van der Waals surface area contributed by atoms with Crippen molar-refractivity contribution >= 4 is 11.6 Å². The molecule has 0 aliphatic carbocycles. The van der Waals surface area contributed by atoms with Gasteiger partial charge in [-0.2, -0.15) is 0 Å². The largest absolute Gasteiger partial charge is 0.497 e. The number of hydrogen-bond acceptors (Lipinski definition) is 6. The molecule has 0 saturated carbocycles. The van der Waals surface area contributed by atoms with Gasteiger partial charge in [-0.15, -0.1) is 0 Å². The van der Waals surface area contributed by atoms with E-state index in [1.807, 2.05) is 60.2 Å². The lowest BCUT2D eigenvalue weighted by molar-refractivity contribution is 0.102. The van der Waals surface area contributed by atoms with Gasteiger partial charge < -0.3 is 20.4 Å². The average Bonchev–Trinajstić information content (AvgIpc) is 3.35. The van der Waals surface area contributed by atoms with Crippen LogP contribution in [0.4, 0.5) is 5.69 Å². The van der Waals surface area contributed by atoms with E-state index in [9.17, 15) is 4.79 Å². The number of benzene rings is 2. The van der Waals surface area contributed by atoms with E-state index in [1.54, 1.807) is 25.7 Å². The highest BCUT2D eigenvalue weighted by molar-refractivity contribution is 6.03. The maximum absolute atomic E-state index is 13.3. The minimum atomic E-state index is -0.264. The zero-order valence-corrected chi connectivity index (χ0v) is 21.2. The summed E-state index contributed by atoms with van der Waals surface area (Å²) in [6.07, 6.45) is 7.58. The van der Waals surface area contributed by atoms with Crippen LogP contribution in [0, 0.1) is 6.92 Å². The van der Waals surface area contributed by atoms with E-state index in [0.29, 0.717) is 11.4 Å². The number of anilines is 1. The van der Waals surface area contributed by atoms with Crippen LogP contribution >= 0.6 is 0 Å². The minimum Gasteiger partial charge on any atom is -0.497 e. The van der Waals surface area contributed by atoms with E-state index in [4.69, 9.17) is 10.5 Å². The maximum Gasteiger partial charge on any atom is 0.274 e. The Labute approximate surface area is 217 Å². The number of rotatable bonds is 7. The number of amides is 1. The molecule has 1 saturated heterocycles. The third-order valence-electron chi connectivity index (χ3n) is 6.61. The Morgan fingerprint density at radius 2 is 1.95 bits per heavy atom. The summed E-state index contributed by atoms with van der Waals surface area (Å²) >= 11 is 0. The molecule has 2 aromatic carbocycles. The van der Waals surface area contributed by atoms with E-state index in [2.05, 4.69) is 26.3 Å². The van der Waals surface area contributed by atoms with Crippen molar-refractivity contribution in [3.8, 4) is 22.6 Å². The van der Waals surface area contributed by atoms with Crippen LogP contribution in [0.15, 0.2) is 73.3 Å². The lowest BCUT2D eigenvalue weighted by Gasteiger charge is -2.30. The van der Waals surface area contributed by atoms with Gasteiger partial charge in [-0.1, -0.05) is 12.1 Å². The van der Waals surface area contributed by atoms with Crippen LogP contribution in [0.3, 0.4) is 0 Å². The molecule has 3 N–H and O–H groups in total. The molecule has 5 rings (SSSR count). The Hall–Kier alpha value is -4.01.